The van der Waals surface area contributed by atoms with Crippen LogP contribution in [0.2, 0.25) is 0 Å². The molecule has 1 aromatic rings. The van der Waals surface area contributed by atoms with Gasteiger partial charge in [-0.3, -0.25) is 9.69 Å². The fourth-order valence-corrected chi connectivity index (χ4v) is 5.62. The summed E-state index contributed by atoms with van der Waals surface area (Å²) in [5.41, 5.74) is 1.74. The number of nitriles is 1. The first kappa shape index (κ1) is 19.3. The molecule has 1 fully saturated rings. The molecule has 0 radical (unpaired) electrons. The zero-order valence-corrected chi connectivity index (χ0v) is 16.6. The standard InChI is InChI=1S/C17H24N4O3S2/c1-26(23,24)21-9-7-20(8-10-21)12-16(22)19-17-14(11-18)13-5-3-2-4-6-15(13)25-17/h2-10,12H2,1H3,(H,19,22). The highest BCUT2D eigenvalue weighted by molar-refractivity contribution is 7.88. The van der Waals surface area contributed by atoms with E-state index in [4.69, 9.17) is 0 Å². The van der Waals surface area contributed by atoms with Gasteiger partial charge in [-0.05, 0) is 31.2 Å². The maximum absolute atomic E-state index is 12.4. The average molecular weight is 397 g/mol. The number of hydrogen-bond acceptors (Lipinski definition) is 6. The van der Waals surface area contributed by atoms with Gasteiger partial charge in [0.05, 0.1) is 18.4 Å². The summed E-state index contributed by atoms with van der Waals surface area (Å²) < 4.78 is 24.5. The first-order valence-corrected chi connectivity index (χ1v) is 11.6. The second kappa shape index (κ2) is 8.05. The molecule has 1 N–H and O–H groups in total. The van der Waals surface area contributed by atoms with Crippen molar-refractivity contribution in [1.82, 2.24) is 9.21 Å². The highest BCUT2D eigenvalue weighted by Crippen LogP contribution is 2.36. The van der Waals surface area contributed by atoms with Crippen LogP contribution in [0.15, 0.2) is 0 Å². The van der Waals surface area contributed by atoms with Crippen LogP contribution in [0.1, 0.15) is 35.3 Å². The lowest BCUT2D eigenvalue weighted by atomic mass is 10.1. The number of rotatable bonds is 4. The summed E-state index contributed by atoms with van der Waals surface area (Å²) in [6.07, 6.45) is 6.52. The molecular formula is C17H24N4O3S2. The molecule has 0 atom stereocenters. The SMILES string of the molecule is CS(=O)(=O)N1CCN(CC(=O)Nc2sc3c(c2C#N)CCCCC3)CC1. The number of aryl methyl sites for hydroxylation is 1. The monoisotopic (exact) mass is 396 g/mol. The zero-order valence-electron chi connectivity index (χ0n) is 15.0. The molecule has 1 aliphatic heterocycles. The lowest BCUT2D eigenvalue weighted by Gasteiger charge is -2.32. The van der Waals surface area contributed by atoms with Crippen LogP contribution >= 0.6 is 11.3 Å². The molecule has 142 valence electrons. The molecule has 0 spiro atoms. The number of nitrogens with zero attached hydrogens (tertiary/aromatic N) is 3. The number of hydrogen-bond donors (Lipinski definition) is 1. The molecule has 1 aliphatic carbocycles. The number of sulfonamides is 1. The Hall–Kier alpha value is -1.47. The van der Waals surface area contributed by atoms with Crippen LogP contribution in [0, 0.1) is 11.3 Å². The minimum Gasteiger partial charge on any atom is -0.315 e. The van der Waals surface area contributed by atoms with E-state index in [0.717, 1.165) is 31.2 Å². The number of nitrogens with one attached hydrogen (secondary N) is 1. The van der Waals surface area contributed by atoms with Gasteiger partial charge >= 0.3 is 0 Å². The largest absolute Gasteiger partial charge is 0.315 e. The van der Waals surface area contributed by atoms with E-state index in [9.17, 15) is 18.5 Å². The van der Waals surface area contributed by atoms with Crippen LogP contribution in [-0.4, -0.2) is 62.5 Å². The van der Waals surface area contributed by atoms with Gasteiger partial charge in [0.2, 0.25) is 15.9 Å². The molecule has 1 amide bonds. The number of carbonyl (C=O) groups excluding carboxylic acids is 1. The molecule has 26 heavy (non-hydrogen) atoms. The second-order valence-corrected chi connectivity index (χ2v) is 9.95. The molecule has 0 aromatic carbocycles. The molecule has 0 saturated carbocycles. The van der Waals surface area contributed by atoms with Crippen molar-refractivity contribution in [1.29, 1.82) is 5.26 Å². The number of piperazine rings is 1. The fraction of sp³-hybridized carbons (Fsp3) is 0.647. The first-order valence-electron chi connectivity index (χ1n) is 8.90. The predicted octanol–water partition coefficient (Wildman–Crippen LogP) is 1.40. The fourth-order valence-electron chi connectivity index (χ4n) is 3.54. The number of fused-ring (bicyclic) bond motifs is 1. The Labute approximate surface area is 158 Å². The Morgan fingerprint density at radius 3 is 2.54 bits per heavy atom. The van der Waals surface area contributed by atoms with Gasteiger partial charge in [0, 0.05) is 31.1 Å². The van der Waals surface area contributed by atoms with Gasteiger partial charge in [0.25, 0.3) is 0 Å². The maximum atomic E-state index is 12.4. The van der Waals surface area contributed by atoms with Gasteiger partial charge in [0.1, 0.15) is 11.1 Å². The van der Waals surface area contributed by atoms with Crippen molar-refractivity contribution in [2.24, 2.45) is 0 Å². The third kappa shape index (κ3) is 4.43. The zero-order chi connectivity index (χ0) is 18.7. The Balaban J connectivity index is 1.60. The smallest absolute Gasteiger partial charge is 0.239 e. The maximum Gasteiger partial charge on any atom is 0.239 e. The van der Waals surface area contributed by atoms with Crippen molar-refractivity contribution < 1.29 is 13.2 Å². The molecule has 2 heterocycles. The molecule has 1 saturated heterocycles. The minimum atomic E-state index is -3.17. The van der Waals surface area contributed by atoms with Crippen molar-refractivity contribution in [2.45, 2.75) is 32.1 Å². The van der Waals surface area contributed by atoms with Crippen LogP contribution in [0.3, 0.4) is 0 Å². The molecular weight excluding hydrogens is 372 g/mol. The third-order valence-electron chi connectivity index (χ3n) is 4.95. The first-order chi connectivity index (χ1) is 12.4. The van der Waals surface area contributed by atoms with Crippen LogP contribution in [0.5, 0.6) is 0 Å². The third-order valence-corrected chi connectivity index (χ3v) is 7.46. The molecule has 0 bridgehead atoms. The Morgan fingerprint density at radius 2 is 1.88 bits per heavy atom. The summed E-state index contributed by atoms with van der Waals surface area (Å²) in [4.78, 5) is 15.6. The number of anilines is 1. The summed E-state index contributed by atoms with van der Waals surface area (Å²) in [7, 11) is -3.17. The number of thiophene rings is 1. The Bertz CT molecular complexity index is 818. The molecule has 9 heteroatoms. The summed E-state index contributed by atoms with van der Waals surface area (Å²) in [5, 5.41) is 13.1. The van der Waals surface area contributed by atoms with Gasteiger partial charge in [-0.2, -0.15) is 9.57 Å². The van der Waals surface area contributed by atoms with E-state index in [1.807, 2.05) is 4.90 Å². The molecule has 1 aromatic heterocycles. The van der Waals surface area contributed by atoms with E-state index in [1.54, 1.807) is 0 Å². The molecule has 0 unspecified atom stereocenters. The Kier molecular flexibility index (Phi) is 5.97. The van der Waals surface area contributed by atoms with Crippen LogP contribution in [-0.2, 0) is 27.7 Å². The van der Waals surface area contributed by atoms with Crippen molar-refractivity contribution in [3.8, 4) is 6.07 Å². The highest BCUT2D eigenvalue weighted by Gasteiger charge is 2.25. The van der Waals surface area contributed by atoms with Gasteiger partial charge in [0.15, 0.2) is 0 Å². The summed E-state index contributed by atoms with van der Waals surface area (Å²) in [5.74, 6) is -0.147. The second-order valence-electron chi connectivity index (χ2n) is 6.87. The van der Waals surface area contributed by atoms with Crippen LogP contribution in [0.25, 0.3) is 0 Å². The van der Waals surface area contributed by atoms with Crippen LogP contribution in [0.4, 0.5) is 5.00 Å². The highest BCUT2D eigenvalue weighted by atomic mass is 32.2. The molecule has 2 aliphatic rings. The number of amides is 1. The van der Waals surface area contributed by atoms with Crippen molar-refractivity contribution in [2.75, 3.05) is 44.3 Å². The van der Waals surface area contributed by atoms with Gasteiger partial charge in [-0.1, -0.05) is 6.42 Å². The van der Waals surface area contributed by atoms with Crippen LogP contribution < -0.4 is 5.32 Å². The molecule has 3 rings (SSSR count). The van der Waals surface area contributed by atoms with Gasteiger partial charge in [-0.15, -0.1) is 11.3 Å². The van der Waals surface area contributed by atoms with E-state index in [2.05, 4.69) is 11.4 Å². The van der Waals surface area contributed by atoms with E-state index in [0.29, 0.717) is 36.7 Å². The molecule has 7 nitrogen and oxygen atoms in total. The van der Waals surface area contributed by atoms with Crippen molar-refractivity contribution >= 4 is 32.3 Å². The van der Waals surface area contributed by atoms with Crippen molar-refractivity contribution in [3.63, 3.8) is 0 Å². The summed E-state index contributed by atoms with van der Waals surface area (Å²) >= 11 is 1.53. The van der Waals surface area contributed by atoms with E-state index in [-0.39, 0.29) is 12.5 Å². The lowest BCUT2D eigenvalue weighted by molar-refractivity contribution is -0.117. The summed E-state index contributed by atoms with van der Waals surface area (Å²) in [6.45, 7) is 2.09. The topological polar surface area (TPSA) is 93.5 Å². The van der Waals surface area contributed by atoms with E-state index in [1.165, 1.54) is 33.2 Å². The minimum absolute atomic E-state index is 0.147. The van der Waals surface area contributed by atoms with Gasteiger partial charge in [-0.25, -0.2) is 8.42 Å². The Morgan fingerprint density at radius 1 is 1.19 bits per heavy atom. The summed E-state index contributed by atoms with van der Waals surface area (Å²) in [6, 6.07) is 2.27. The average Bonchev–Trinajstić information content (AvgIpc) is 2.74. The van der Waals surface area contributed by atoms with Crippen molar-refractivity contribution in [3.05, 3.63) is 16.0 Å². The normalized spacial score (nSPS) is 19.4. The lowest BCUT2D eigenvalue weighted by Crippen LogP contribution is -2.50. The predicted molar refractivity (Wildman–Crippen MR) is 102 cm³/mol. The van der Waals surface area contributed by atoms with Gasteiger partial charge < -0.3 is 5.32 Å². The van der Waals surface area contributed by atoms with E-state index < -0.39 is 10.0 Å². The number of carbonyl (C=O) groups is 1. The quantitative estimate of drug-likeness (QED) is 0.777. The van der Waals surface area contributed by atoms with E-state index >= 15 is 0 Å².